The molecule has 0 heterocycles. The molecule has 0 saturated carbocycles. The minimum Gasteiger partial charge on any atom is -0.460 e. The number of amides is 1. The van der Waals surface area contributed by atoms with Crippen LogP contribution in [0.4, 0.5) is 13.2 Å². The second kappa shape index (κ2) is 7.98. The van der Waals surface area contributed by atoms with Crippen molar-refractivity contribution in [1.82, 2.24) is 5.32 Å². The summed E-state index contributed by atoms with van der Waals surface area (Å²) in [6.45, 7) is 3.25. The molecular weight excluding hydrogens is 339 g/mol. The van der Waals surface area contributed by atoms with Crippen LogP contribution in [0, 0.1) is 5.92 Å². The lowest BCUT2D eigenvalue weighted by Gasteiger charge is -2.22. The van der Waals surface area contributed by atoms with Gasteiger partial charge in [0.1, 0.15) is 22.0 Å². The molecule has 1 N–H and O–H groups in total. The molecule has 0 aromatic heterocycles. The number of hydrogen-bond acceptors (Lipinski definition) is 5. The van der Waals surface area contributed by atoms with Gasteiger partial charge in [0.15, 0.2) is 0 Å². The number of hydrogen-bond donors (Lipinski definition) is 1. The molecule has 0 spiro atoms. The maximum Gasteiger partial charge on any atom is 0.405 e. The van der Waals surface area contributed by atoms with Crippen LogP contribution in [-0.4, -0.2) is 50.6 Å². The third kappa shape index (κ3) is 12.9. The van der Waals surface area contributed by atoms with Crippen molar-refractivity contribution < 1.29 is 35.9 Å². The van der Waals surface area contributed by atoms with Crippen molar-refractivity contribution >= 4 is 21.7 Å². The largest absolute Gasteiger partial charge is 0.460 e. The highest BCUT2D eigenvalue weighted by molar-refractivity contribution is 7.90. The van der Waals surface area contributed by atoms with Gasteiger partial charge < -0.3 is 10.1 Å². The number of carbonyl (C=O) groups excluding carboxylic acids is 2. The van der Waals surface area contributed by atoms with Crippen LogP contribution in [0.3, 0.4) is 0 Å². The molecule has 0 bridgehead atoms. The summed E-state index contributed by atoms with van der Waals surface area (Å²) in [5.74, 6) is -3.43. The zero-order valence-corrected chi connectivity index (χ0v) is 14.3. The Hall–Kier alpha value is -1.32. The maximum atomic E-state index is 12.1. The molecule has 0 aromatic carbocycles. The molecule has 1 amide bonds. The molecule has 0 aliphatic heterocycles. The number of halogens is 3. The summed E-state index contributed by atoms with van der Waals surface area (Å²) in [6.07, 6.45) is -4.41. The Balaban J connectivity index is 4.86. The molecular formula is C13H22F3NO5S. The third-order valence-corrected chi connectivity index (χ3v) is 3.48. The molecule has 23 heavy (non-hydrogen) atoms. The van der Waals surface area contributed by atoms with Gasteiger partial charge in [0.2, 0.25) is 5.91 Å². The van der Waals surface area contributed by atoms with Crippen molar-refractivity contribution in [3.8, 4) is 0 Å². The summed E-state index contributed by atoms with van der Waals surface area (Å²) in [7, 11) is -3.42. The van der Waals surface area contributed by atoms with Gasteiger partial charge in [0, 0.05) is 12.2 Å². The minimum atomic E-state index is -4.59. The average Bonchev–Trinajstić information content (AvgIpc) is 2.27. The van der Waals surface area contributed by atoms with Crippen LogP contribution >= 0.6 is 0 Å². The molecule has 0 aliphatic carbocycles. The van der Waals surface area contributed by atoms with Crippen LogP contribution < -0.4 is 5.32 Å². The normalized spacial score (nSPS) is 14.2. The van der Waals surface area contributed by atoms with E-state index >= 15 is 0 Å². The molecule has 0 radical (unpaired) electrons. The van der Waals surface area contributed by atoms with E-state index in [0.29, 0.717) is 0 Å². The van der Waals surface area contributed by atoms with Crippen LogP contribution in [0.25, 0.3) is 0 Å². The Morgan fingerprint density at radius 1 is 1.17 bits per heavy atom. The Labute approximate surface area is 133 Å². The van der Waals surface area contributed by atoms with Crippen LogP contribution in [0.15, 0.2) is 0 Å². The maximum absolute atomic E-state index is 12.1. The molecule has 0 rings (SSSR count). The first kappa shape index (κ1) is 21.7. The van der Waals surface area contributed by atoms with Gasteiger partial charge in [-0.1, -0.05) is 0 Å². The van der Waals surface area contributed by atoms with Crippen molar-refractivity contribution in [1.29, 1.82) is 0 Å². The summed E-state index contributed by atoms with van der Waals surface area (Å²) in [5, 5.41) is 1.66. The third-order valence-electron chi connectivity index (χ3n) is 2.50. The first-order valence-electron chi connectivity index (χ1n) is 6.83. The van der Waals surface area contributed by atoms with Gasteiger partial charge in [0.25, 0.3) is 0 Å². The Bertz CT molecular complexity index is 523. The van der Waals surface area contributed by atoms with E-state index in [9.17, 15) is 31.2 Å². The molecule has 0 unspecified atom stereocenters. The topological polar surface area (TPSA) is 89.5 Å². The predicted molar refractivity (Wildman–Crippen MR) is 77.3 cm³/mol. The second-order valence-corrected chi connectivity index (χ2v) is 8.50. The van der Waals surface area contributed by atoms with Crippen molar-refractivity contribution in [2.24, 2.45) is 5.92 Å². The van der Waals surface area contributed by atoms with Crippen molar-refractivity contribution in [2.75, 3.05) is 18.6 Å². The number of rotatable bonds is 7. The van der Waals surface area contributed by atoms with Gasteiger partial charge in [-0.05, 0) is 27.2 Å². The lowest BCUT2D eigenvalue weighted by Crippen LogP contribution is -2.39. The number of esters is 1. The molecule has 0 aliphatic rings. The summed E-state index contributed by atoms with van der Waals surface area (Å²) in [4.78, 5) is 23.5. The van der Waals surface area contributed by atoms with Crippen molar-refractivity contribution in [2.45, 2.75) is 45.4 Å². The number of sulfone groups is 1. The first-order valence-corrected chi connectivity index (χ1v) is 8.89. The molecule has 10 heteroatoms. The zero-order chi connectivity index (χ0) is 18.5. The van der Waals surface area contributed by atoms with Gasteiger partial charge in [0.05, 0.1) is 12.2 Å². The van der Waals surface area contributed by atoms with Crippen LogP contribution in [0.1, 0.15) is 33.6 Å². The monoisotopic (exact) mass is 361 g/mol. The number of nitrogens with one attached hydrogen (secondary N) is 1. The highest BCUT2D eigenvalue weighted by Crippen LogP contribution is 2.17. The smallest absolute Gasteiger partial charge is 0.405 e. The van der Waals surface area contributed by atoms with Gasteiger partial charge in [-0.2, -0.15) is 13.2 Å². The number of ether oxygens (including phenoxy) is 1. The summed E-state index contributed by atoms with van der Waals surface area (Å²) < 4.78 is 63.7. The SMILES string of the molecule is CC(C)(C)OC(=O)C[C@H](CCS(C)(=O)=O)C(=O)NCC(F)(F)F. The fourth-order valence-corrected chi connectivity index (χ4v) is 2.31. The average molecular weight is 361 g/mol. The molecule has 136 valence electrons. The Kier molecular flexibility index (Phi) is 7.52. The van der Waals surface area contributed by atoms with E-state index in [1.165, 1.54) is 0 Å². The molecule has 1 atom stereocenters. The molecule has 0 saturated heterocycles. The highest BCUT2D eigenvalue weighted by Gasteiger charge is 2.31. The molecule has 6 nitrogen and oxygen atoms in total. The predicted octanol–water partition coefficient (Wildman–Crippen LogP) is 1.45. The lowest BCUT2D eigenvalue weighted by atomic mass is 10.0. The standard InChI is InChI=1S/C13H22F3NO5S/c1-12(2,3)22-10(18)7-9(5-6-23(4,20)21)11(19)17-8-13(14,15)16/h9H,5-8H2,1-4H3,(H,17,19)/t9-/m0/s1. The number of carbonyl (C=O) groups is 2. The number of alkyl halides is 3. The fourth-order valence-electron chi connectivity index (χ4n) is 1.60. The van der Waals surface area contributed by atoms with Gasteiger partial charge in [-0.3, -0.25) is 9.59 Å². The van der Waals surface area contributed by atoms with E-state index in [4.69, 9.17) is 4.74 Å². The quantitative estimate of drug-likeness (QED) is 0.693. The van der Waals surface area contributed by atoms with E-state index in [0.717, 1.165) is 6.26 Å². The lowest BCUT2D eigenvalue weighted by molar-refractivity contribution is -0.157. The van der Waals surface area contributed by atoms with E-state index in [-0.39, 0.29) is 6.42 Å². The van der Waals surface area contributed by atoms with Crippen molar-refractivity contribution in [3.05, 3.63) is 0 Å². The van der Waals surface area contributed by atoms with Crippen LogP contribution in [0.2, 0.25) is 0 Å². The first-order chi connectivity index (χ1) is 10.1. The highest BCUT2D eigenvalue weighted by atomic mass is 32.2. The Morgan fingerprint density at radius 2 is 1.70 bits per heavy atom. The zero-order valence-electron chi connectivity index (χ0n) is 13.5. The minimum absolute atomic E-state index is 0.262. The fraction of sp³-hybridized carbons (Fsp3) is 0.846. The van der Waals surface area contributed by atoms with Crippen LogP contribution in [0.5, 0.6) is 0 Å². The summed E-state index contributed by atoms with van der Waals surface area (Å²) in [5.41, 5.74) is -0.819. The van der Waals surface area contributed by atoms with Crippen LogP contribution in [-0.2, 0) is 24.2 Å². The van der Waals surface area contributed by atoms with Gasteiger partial charge in [-0.15, -0.1) is 0 Å². The summed E-state index contributed by atoms with van der Waals surface area (Å²) in [6, 6.07) is 0. The van der Waals surface area contributed by atoms with E-state index in [1.807, 2.05) is 0 Å². The van der Waals surface area contributed by atoms with E-state index in [1.54, 1.807) is 26.1 Å². The van der Waals surface area contributed by atoms with Crippen molar-refractivity contribution in [3.63, 3.8) is 0 Å². The van der Waals surface area contributed by atoms with E-state index < -0.39 is 58.1 Å². The van der Waals surface area contributed by atoms with E-state index in [2.05, 4.69) is 0 Å². The van der Waals surface area contributed by atoms with Gasteiger partial charge >= 0.3 is 12.1 Å². The second-order valence-electron chi connectivity index (χ2n) is 6.24. The molecule has 0 aromatic rings. The van der Waals surface area contributed by atoms with Gasteiger partial charge in [-0.25, -0.2) is 8.42 Å². The Morgan fingerprint density at radius 3 is 2.09 bits per heavy atom. The molecule has 0 fully saturated rings. The summed E-state index contributed by atoms with van der Waals surface area (Å²) >= 11 is 0.